The highest BCUT2D eigenvalue weighted by molar-refractivity contribution is 14.0. The van der Waals surface area contributed by atoms with Gasteiger partial charge in [0.2, 0.25) is 0 Å². The minimum Gasteiger partial charge on any atom is -0.357 e. The van der Waals surface area contributed by atoms with Crippen LogP contribution >= 0.6 is 24.0 Å². The molecule has 0 aromatic rings. The van der Waals surface area contributed by atoms with Crippen LogP contribution in [0.1, 0.15) is 47.0 Å². The third-order valence-electron chi connectivity index (χ3n) is 4.46. The predicted octanol–water partition coefficient (Wildman–Crippen LogP) is 2.62. The Hall–Kier alpha value is -0.0800. The molecule has 0 aliphatic carbocycles. The molecular formula is C18H40IN5. The maximum atomic E-state index is 4.76. The van der Waals surface area contributed by atoms with Crippen LogP contribution in [-0.2, 0) is 0 Å². The number of hydrogen-bond donors (Lipinski definition) is 2. The molecule has 0 amide bonds. The topological polar surface area (TPSA) is 42.9 Å². The van der Waals surface area contributed by atoms with Crippen LogP contribution in [0.2, 0.25) is 0 Å². The fourth-order valence-electron chi connectivity index (χ4n) is 2.96. The van der Waals surface area contributed by atoms with E-state index in [1.54, 1.807) is 0 Å². The zero-order valence-electron chi connectivity index (χ0n) is 16.3. The Morgan fingerprint density at radius 3 is 2.25 bits per heavy atom. The first kappa shape index (κ1) is 23.9. The number of halogens is 1. The quantitative estimate of drug-likeness (QED) is 0.231. The molecule has 0 radical (unpaired) electrons. The van der Waals surface area contributed by atoms with E-state index in [-0.39, 0.29) is 24.0 Å². The van der Waals surface area contributed by atoms with Gasteiger partial charge in [-0.2, -0.15) is 0 Å². The standard InChI is InChI=1S/C18H39N5.HI/c1-5-8-9-10-20-18(19-6-2)21-15-17(4)16-23-13-11-22(7-3)12-14-23;/h17H,5-16H2,1-4H3,(H2,19,20,21);1H. The first-order chi connectivity index (χ1) is 11.2. The summed E-state index contributed by atoms with van der Waals surface area (Å²) in [7, 11) is 0. The van der Waals surface area contributed by atoms with E-state index in [1.807, 2.05) is 0 Å². The molecule has 2 N–H and O–H groups in total. The lowest BCUT2D eigenvalue weighted by Gasteiger charge is -2.35. The Kier molecular flexibility index (Phi) is 15.1. The van der Waals surface area contributed by atoms with E-state index < -0.39 is 0 Å². The zero-order valence-corrected chi connectivity index (χ0v) is 18.6. The fourth-order valence-corrected chi connectivity index (χ4v) is 2.96. The Morgan fingerprint density at radius 1 is 1.00 bits per heavy atom. The average Bonchev–Trinajstić information content (AvgIpc) is 2.57. The van der Waals surface area contributed by atoms with Crippen LogP contribution in [-0.4, -0.2) is 74.7 Å². The van der Waals surface area contributed by atoms with Gasteiger partial charge in [-0.05, 0) is 25.8 Å². The molecule has 6 heteroatoms. The predicted molar refractivity (Wildman–Crippen MR) is 117 cm³/mol. The summed E-state index contributed by atoms with van der Waals surface area (Å²) >= 11 is 0. The summed E-state index contributed by atoms with van der Waals surface area (Å²) in [5, 5.41) is 6.80. The molecular weight excluding hydrogens is 413 g/mol. The zero-order chi connectivity index (χ0) is 16.9. The van der Waals surface area contributed by atoms with Gasteiger partial charge in [0, 0.05) is 52.4 Å². The van der Waals surface area contributed by atoms with Crippen LogP contribution in [0.3, 0.4) is 0 Å². The van der Waals surface area contributed by atoms with E-state index in [0.717, 1.165) is 32.1 Å². The molecule has 1 heterocycles. The van der Waals surface area contributed by atoms with Crippen molar-refractivity contribution in [1.29, 1.82) is 0 Å². The highest BCUT2D eigenvalue weighted by Crippen LogP contribution is 2.06. The van der Waals surface area contributed by atoms with E-state index >= 15 is 0 Å². The summed E-state index contributed by atoms with van der Waals surface area (Å²) in [5.41, 5.74) is 0. The summed E-state index contributed by atoms with van der Waals surface area (Å²) < 4.78 is 0. The molecule has 0 aromatic carbocycles. The molecule has 0 spiro atoms. The number of likely N-dealkylation sites (N-methyl/N-ethyl adjacent to an activating group) is 1. The second-order valence-corrected chi connectivity index (χ2v) is 6.69. The van der Waals surface area contributed by atoms with Gasteiger partial charge in [0.1, 0.15) is 0 Å². The number of nitrogens with one attached hydrogen (secondary N) is 2. The highest BCUT2D eigenvalue weighted by atomic mass is 127. The summed E-state index contributed by atoms with van der Waals surface area (Å²) in [6, 6.07) is 0. The summed E-state index contributed by atoms with van der Waals surface area (Å²) in [6.45, 7) is 19.0. The smallest absolute Gasteiger partial charge is 0.191 e. The summed E-state index contributed by atoms with van der Waals surface area (Å²) in [5.74, 6) is 1.58. The Morgan fingerprint density at radius 2 is 1.67 bits per heavy atom. The molecule has 1 unspecified atom stereocenters. The summed E-state index contributed by atoms with van der Waals surface area (Å²) in [6.07, 6.45) is 3.77. The lowest BCUT2D eigenvalue weighted by Crippen LogP contribution is -2.47. The molecule has 1 aliphatic heterocycles. The fraction of sp³-hybridized carbons (Fsp3) is 0.944. The molecule has 1 aliphatic rings. The van der Waals surface area contributed by atoms with Gasteiger partial charge in [-0.25, -0.2) is 0 Å². The molecule has 0 bridgehead atoms. The van der Waals surface area contributed by atoms with Crippen molar-refractivity contribution in [3.05, 3.63) is 0 Å². The van der Waals surface area contributed by atoms with E-state index in [1.165, 1.54) is 52.0 Å². The van der Waals surface area contributed by atoms with Crippen molar-refractivity contribution in [2.75, 3.05) is 58.9 Å². The van der Waals surface area contributed by atoms with Crippen LogP contribution in [0.5, 0.6) is 0 Å². The Bertz CT molecular complexity index is 317. The van der Waals surface area contributed by atoms with Gasteiger partial charge >= 0.3 is 0 Å². The summed E-state index contributed by atoms with van der Waals surface area (Å²) in [4.78, 5) is 9.89. The Balaban J connectivity index is 0.00000529. The van der Waals surface area contributed by atoms with Crippen LogP contribution in [0.15, 0.2) is 4.99 Å². The van der Waals surface area contributed by atoms with E-state index in [9.17, 15) is 0 Å². The first-order valence-electron chi connectivity index (χ1n) is 9.66. The third-order valence-corrected chi connectivity index (χ3v) is 4.46. The van der Waals surface area contributed by atoms with Crippen molar-refractivity contribution in [2.24, 2.45) is 10.9 Å². The first-order valence-corrected chi connectivity index (χ1v) is 9.66. The lowest BCUT2D eigenvalue weighted by molar-refractivity contribution is 0.125. The molecule has 1 rings (SSSR count). The van der Waals surface area contributed by atoms with Gasteiger partial charge < -0.3 is 20.4 Å². The Labute approximate surface area is 167 Å². The van der Waals surface area contributed by atoms with Crippen molar-refractivity contribution in [3.63, 3.8) is 0 Å². The number of piperazine rings is 1. The molecule has 0 saturated carbocycles. The molecule has 1 saturated heterocycles. The molecule has 24 heavy (non-hydrogen) atoms. The number of nitrogens with zero attached hydrogens (tertiary/aromatic N) is 3. The van der Waals surface area contributed by atoms with Crippen molar-refractivity contribution in [3.8, 4) is 0 Å². The maximum absolute atomic E-state index is 4.76. The normalized spacial score (nSPS) is 18.1. The van der Waals surface area contributed by atoms with Gasteiger partial charge in [-0.3, -0.25) is 4.99 Å². The van der Waals surface area contributed by atoms with Gasteiger partial charge in [0.05, 0.1) is 0 Å². The number of rotatable bonds is 10. The molecule has 1 atom stereocenters. The SMILES string of the molecule is CCCCCNC(=NCC(C)CN1CCN(CC)CC1)NCC.I. The lowest BCUT2D eigenvalue weighted by atomic mass is 10.1. The average molecular weight is 453 g/mol. The van der Waals surface area contributed by atoms with Gasteiger partial charge in [-0.15, -0.1) is 24.0 Å². The highest BCUT2D eigenvalue weighted by Gasteiger charge is 2.17. The third kappa shape index (κ3) is 10.7. The van der Waals surface area contributed by atoms with Crippen LogP contribution in [0, 0.1) is 5.92 Å². The largest absolute Gasteiger partial charge is 0.357 e. The number of unbranched alkanes of at least 4 members (excludes halogenated alkanes) is 2. The number of aliphatic imine (C=N–C) groups is 1. The minimum absolute atomic E-state index is 0. The van der Waals surface area contributed by atoms with Gasteiger partial charge in [0.25, 0.3) is 0 Å². The van der Waals surface area contributed by atoms with Gasteiger partial charge in [-0.1, -0.05) is 33.6 Å². The minimum atomic E-state index is 0. The van der Waals surface area contributed by atoms with Crippen LogP contribution in [0.25, 0.3) is 0 Å². The van der Waals surface area contributed by atoms with Crippen LogP contribution < -0.4 is 10.6 Å². The molecule has 144 valence electrons. The van der Waals surface area contributed by atoms with Crippen molar-refractivity contribution in [1.82, 2.24) is 20.4 Å². The van der Waals surface area contributed by atoms with Gasteiger partial charge in [0.15, 0.2) is 5.96 Å². The maximum Gasteiger partial charge on any atom is 0.191 e. The van der Waals surface area contributed by atoms with E-state index in [4.69, 9.17) is 4.99 Å². The van der Waals surface area contributed by atoms with E-state index in [2.05, 4.69) is 48.1 Å². The second kappa shape index (κ2) is 15.2. The molecule has 0 aromatic heterocycles. The number of hydrogen-bond acceptors (Lipinski definition) is 3. The van der Waals surface area contributed by atoms with E-state index in [0.29, 0.717) is 5.92 Å². The monoisotopic (exact) mass is 453 g/mol. The molecule has 1 fully saturated rings. The van der Waals surface area contributed by atoms with Crippen molar-refractivity contribution in [2.45, 2.75) is 47.0 Å². The number of guanidine groups is 1. The molecule has 5 nitrogen and oxygen atoms in total. The van der Waals surface area contributed by atoms with Crippen molar-refractivity contribution < 1.29 is 0 Å². The second-order valence-electron chi connectivity index (χ2n) is 6.69. The van der Waals surface area contributed by atoms with Crippen molar-refractivity contribution >= 4 is 29.9 Å². The van der Waals surface area contributed by atoms with Crippen LogP contribution in [0.4, 0.5) is 0 Å².